The van der Waals surface area contributed by atoms with Crippen molar-refractivity contribution in [2.45, 2.75) is 76.4 Å². The van der Waals surface area contributed by atoms with Gasteiger partial charge in [0.25, 0.3) is 5.56 Å². The molecule has 1 fully saturated rings. The summed E-state index contributed by atoms with van der Waals surface area (Å²) < 4.78 is 16.1. The minimum Gasteiger partial charge on any atom is -0.317 e. The zero-order chi connectivity index (χ0) is 23.1. The molecule has 33 heavy (non-hydrogen) atoms. The number of fused-ring (bicyclic) bond motifs is 1. The van der Waals surface area contributed by atoms with Gasteiger partial charge in [0.05, 0.1) is 6.04 Å². The molecule has 1 N–H and O–H groups in total. The first-order valence-electron chi connectivity index (χ1n) is 12.8. The van der Waals surface area contributed by atoms with Crippen LogP contribution in [0, 0.1) is 23.7 Å². The molecule has 3 nitrogen and oxygen atoms in total. The molecule has 5 rings (SSSR count). The first kappa shape index (κ1) is 23.6. The Hall–Kier alpha value is -1.10. The van der Waals surface area contributed by atoms with Gasteiger partial charge in [-0.05, 0) is 99.8 Å². The average Bonchev–Trinajstić information content (AvgIpc) is 2.80. The van der Waals surface area contributed by atoms with Crippen molar-refractivity contribution in [2.75, 3.05) is 13.1 Å². The Morgan fingerprint density at radius 1 is 1.00 bits per heavy atom. The Kier molecular flexibility index (Phi) is 7.07. The Morgan fingerprint density at radius 3 is 2.52 bits per heavy atom. The molecule has 1 saturated heterocycles. The lowest BCUT2D eigenvalue weighted by atomic mass is 9.66. The summed E-state index contributed by atoms with van der Waals surface area (Å²) in [6.07, 6.45) is 10.4. The first-order valence-corrected chi connectivity index (χ1v) is 13.5. The van der Waals surface area contributed by atoms with Crippen LogP contribution in [0.3, 0.4) is 0 Å². The summed E-state index contributed by atoms with van der Waals surface area (Å²) in [4.78, 5) is 13.3. The minimum atomic E-state index is -0.946. The number of pyridine rings is 1. The number of alkyl halides is 1. The van der Waals surface area contributed by atoms with Crippen LogP contribution in [-0.2, 0) is 6.42 Å². The smallest absolute Gasteiger partial charge is 0.251 e. The number of hydrogen-bond acceptors (Lipinski definition) is 2. The number of nitrogens with zero attached hydrogens (tertiary/aromatic N) is 1. The van der Waals surface area contributed by atoms with Crippen molar-refractivity contribution >= 4 is 23.2 Å². The average molecular weight is 493 g/mol. The fraction of sp³-hybridized carbons (Fsp3) is 0.667. The van der Waals surface area contributed by atoms with Gasteiger partial charge in [0.1, 0.15) is 6.17 Å². The Bertz CT molecular complexity index is 996. The second kappa shape index (κ2) is 9.87. The van der Waals surface area contributed by atoms with Crippen LogP contribution < -0.4 is 10.9 Å². The van der Waals surface area contributed by atoms with Crippen molar-refractivity contribution in [2.24, 2.45) is 23.7 Å². The lowest BCUT2D eigenvalue weighted by Crippen LogP contribution is -2.40. The molecular weight excluding hydrogens is 458 g/mol. The SMILES string of the molecule is CC1CCC=C(Cl)C1n1c2c(ccc1=O)C(C1CCC(F)C=C1Cl)CC(C1CCNCC1)C2. The molecule has 0 amide bonds. The maximum absolute atomic E-state index is 14.0. The van der Waals surface area contributed by atoms with Gasteiger partial charge in [0, 0.05) is 27.7 Å². The van der Waals surface area contributed by atoms with E-state index in [1.165, 1.54) is 18.4 Å². The highest BCUT2D eigenvalue weighted by molar-refractivity contribution is 6.30. The van der Waals surface area contributed by atoms with E-state index in [4.69, 9.17) is 23.2 Å². The van der Waals surface area contributed by atoms with Crippen molar-refractivity contribution in [3.05, 3.63) is 56.0 Å². The van der Waals surface area contributed by atoms with E-state index in [-0.39, 0.29) is 23.4 Å². The molecule has 0 bridgehead atoms. The number of aromatic nitrogens is 1. The van der Waals surface area contributed by atoms with Gasteiger partial charge in [-0.3, -0.25) is 4.79 Å². The molecule has 6 unspecified atom stereocenters. The van der Waals surface area contributed by atoms with E-state index in [2.05, 4.69) is 18.3 Å². The molecule has 6 heteroatoms. The zero-order valence-corrected chi connectivity index (χ0v) is 20.9. The van der Waals surface area contributed by atoms with E-state index in [0.29, 0.717) is 29.2 Å². The molecule has 4 aliphatic rings. The second-order valence-electron chi connectivity index (χ2n) is 10.7. The quantitative estimate of drug-likeness (QED) is 0.525. The third-order valence-electron chi connectivity index (χ3n) is 8.72. The highest BCUT2D eigenvalue weighted by Crippen LogP contribution is 2.50. The molecule has 1 aromatic heterocycles. The normalized spacial score (nSPS) is 35.5. The van der Waals surface area contributed by atoms with Crippen molar-refractivity contribution in [1.82, 2.24) is 9.88 Å². The Balaban J connectivity index is 1.62. The summed E-state index contributed by atoms with van der Waals surface area (Å²) in [7, 11) is 0. The van der Waals surface area contributed by atoms with E-state index in [1.807, 2.05) is 10.6 Å². The standard InChI is InChI=1S/C27H35Cl2FN2O/c1-16-3-2-4-23(28)27(16)32-25-14-18(17-9-11-31-12-10-17)13-22(21(25)7-8-26(32)33)20-6-5-19(30)15-24(20)29/h4,7-8,15-20,22,27,31H,2-3,5-6,9-14H2,1H3. The highest BCUT2D eigenvalue weighted by Gasteiger charge is 2.41. The van der Waals surface area contributed by atoms with Crippen LogP contribution in [0.15, 0.2) is 39.1 Å². The lowest BCUT2D eigenvalue weighted by molar-refractivity contribution is 0.194. The van der Waals surface area contributed by atoms with Gasteiger partial charge < -0.3 is 9.88 Å². The molecule has 3 aliphatic carbocycles. The van der Waals surface area contributed by atoms with Crippen molar-refractivity contribution in [1.29, 1.82) is 0 Å². The maximum Gasteiger partial charge on any atom is 0.251 e. The number of rotatable bonds is 3. The topological polar surface area (TPSA) is 34.0 Å². The van der Waals surface area contributed by atoms with Gasteiger partial charge in [-0.1, -0.05) is 42.3 Å². The van der Waals surface area contributed by atoms with Gasteiger partial charge in [0.15, 0.2) is 0 Å². The highest BCUT2D eigenvalue weighted by atomic mass is 35.5. The minimum absolute atomic E-state index is 0.0397. The third kappa shape index (κ3) is 4.60. The predicted molar refractivity (Wildman–Crippen MR) is 134 cm³/mol. The van der Waals surface area contributed by atoms with Crippen LogP contribution in [0.1, 0.15) is 75.1 Å². The molecular formula is C27H35Cl2FN2O. The van der Waals surface area contributed by atoms with E-state index in [0.717, 1.165) is 55.9 Å². The molecule has 180 valence electrons. The van der Waals surface area contributed by atoms with Crippen LogP contribution in [-0.4, -0.2) is 23.8 Å². The van der Waals surface area contributed by atoms with Gasteiger partial charge in [-0.2, -0.15) is 0 Å². The molecule has 1 aliphatic heterocycles. The van der Waals surface area contributed by atoms with E-state index < -0.39 is 6.17 Å². The van der Waals surface area contributed by atoms with Gasteiger partial charge in [-0.15, -0.1) is 0 Å². The number of piperidine rings is 1. The number of nitrogens with one attached hydrogen (secondary N) is 1. The summed E-state index contributed by atoms with van der Waals surface area (Å²) in [6.45, 7) is 4.32. The molecule has 0 radical (unpaired) electrons. The number of allylic oxidation sites excluding steroid dienone is 4. The van der Waals surface area contributed by atoms with Gasteiger partial charge in [-0.25, -0.2) is 4.39 Å². The van der Waals surface area contributed by atoms with Crippen LogP contribution in [0.2, 0.25) is 0 Å². The van der Waals surface area contributed by atoms with E-state index in [1.54, 1.807) is 12.1 Å². The summed E-state index contributed by atoms with van der Waals surface area (Å²) in [6, 6.07) is 3.66. The molecule has 0 spiro atoms. The Morgan fingerprint density at radius 2 is 1.79 bits per heavy atom. The van der Waals surface area contributed by atoms with Crippen LogP contribution in [0.25, 0.3) is 0 Å². The van der Waals surface area contributed by atoms with E-state index in [9.17, 15) is 9.18 Å². The van der Waals surface area contributed by atoms with Crippen LogP contribution >= 0.6 is 23.2 Å². The largest absolute Gasteiger partial charge is 0.317 e. The lowest BCUT2D eigenvalue weighted by Gasteiger charge is -2.43. The molecule has 0 aromatic carbocycles. The zero-order valence-electron chi connectivity index (χ0n) is 19.4. The number of halogens is 3. The fourth-order valence-electron chi connectivity index (χ4n) is 6.97. The molecule has 0 saturated carbocycles. The number of hydrogen-bond donors (Lipinski definition) is 1. The summed E-state index contributed by atoms with van der Waals surface area (Å²) in [5.74, 6) is 1.81. The second-order valence-corrected chi connectivity index (χ2v) is 11.6. The fourth-order valence-corrected chi connectivity index (χ4v) is 7.79. The van der Waals surface area contributed by atoms with Gasteiger partial charge in [0.2, 0.25) is 0 Å². The van der Waals surface area contributed by atoms with Crippen molar-refractivity contribution in [3.63, 3.8) is 0 Å². The molecule has 1 aromatic rings. The first-order chi connectivity index (χ1) is 15.9. The van der Waals surface area contributed by atoms with Crippen LogP contribution in [0.5, 0.6) is 0 Å². The van der Waals surface area contributed by atoms with Crippen LogP contribution in [0.4, 0.5) is 4.39 Å². The summed E-state index contributed by atoms with van der Waals surface area (Å²) >= 11 is 13.4. The summed E-state index contributed by atoms with van der Waals surface area (Å²) in [5, 5.41) is 4.95. The third-order valence-corrected chi connectivity index (χ3v) is 9.51. The Labute approximate surface area is 206 Å². The predicted octanol–water partition coefficient (Wildman–Crippen LogP) is 6.46. The van der Waals surface area contributed by atoms with Crippen molar-refractivity contribution in [3.8, 4) is 0 Å². The maximum atomic E-state index is 14.0. The van der Waals surface area contributed by atoms with E-state index >= 15 is 0 Å². The monoisotopic (exact) mass is 492 g/mol. The molecule has 2 heterocycles. The van der Waals surface area contributed by atoms with Gasteiger partial charge >= 0.3 is 0 Å². The summed E-state index contributed by atoms with van der Waals surface area (Å²) in [5.41, 5.74) is 2.42. The molecule has 6 atom stereocenters. The van der Waals surface area contributed by atoms with Crippen molar-refractivity contribution < 1.29 is 4.39 Å².